The molecule has 1 aliphatic rings. The van der Waals surface area contributed by atoms with Gasteiger partial charge in [0.25, 0.3) is 0 Å². The van der Waals surface area contributed by atoms with Crippen LogP contribution in [0.2, 0.25) is 0 Å². The van der Waals surface area contributed by atoms with Crippen LogP contribution in [-0.4, -0.2) is 49.5 Å². The topological polar surface area (TPSA) is 60.0 Å². The first-order valence-electron chi connectivity index (χ1n) is 9.85. The van der Waals surface area contributed by atoms with E-state index >= 15 is 0 Å². The minimum atomic E-state index is -0.0646. The van der Waals surface area contributed by atoms with Crippen molar-refractivity contribution in [2.24, 2.45) is 4.99 Å². The van der Waals surface area contributed by atoms with Gasteiger partial charge in [0, 0.05) is 51.0 Å². The maximum atomic E-state index is 11.3. The van der Waals surface area contributed by atoms with Crippen LogP contribution in [0, 0.1) is 0 Å². The fourth-order valence-corrected chi connectivity index (χ4v) is 3.36. The molecule has 0 aliphatic carbocycles. The van der Waals surface area contributed by atoms with Gasteiger partial charge in [0.05, 0.1) is 6.54 Å². The van der Waals surface area contributed by atoms with Gasteiger partial charge in [0.2, 0.25) is 5.91 Å². The second kappa shape index (κ2) is 11.6. The van der Waals surface area contributed by atoms with E-state index in [4.69, 9.17) is 4.99 Å². The molecule has 3 rings (SSSR count). The van der Waals surface area contributed by atoms with E-state index in [1.165, 1.54) is 12.6 Å². The Bertz CT molecular complexity index is 804. The standard InChI is InChI=1S/C22H29N5O.HI/c1-3-23-22(24-17-19-8-7-9-20(16-19)25-18(2)28)27-14-12-26(13-15-27)21-10-5-4-6-11-21;/h4-11,16H,3,12-15,17H2,1-2H3,(H,23,24)(H,25,28);1H. The first-order chi connectivity index (χ1) is 13.7. The molecule has 2 aromatic carbocycles. The van der Waals surface area contributed by atoms with Gasteiger partial charge in [-0.25, -0.2) is 4.99 Å². The summed E-state index contributed by atoms with van der Waals surface area (Å²) in [5.41, 5.74) is 3.16. The van der Waals surface area contributed by atoms with Crippen molar-refractivity contribution in [1.82, 2.24) is 10.2 Å². The van der Waals surface area contributed by atoms with Crippen molar-refractivity contribution in [3.8, 4) is 0 Å². The van der Waals surface area contributed by atoms with E-state index in [1.54, 1.807) is 0 Å². The Labute approximate surface area is 190 Å². The molecule has 0 aromatic heterocycles. The van der Waals surface area contributed by atoms with Crippen molar-refractivity contribution in [1.29, 1.82) is 0 Å². The molecular formula is C22H30IN5O. The van der Waals surface area contributed by atoms with Crippen LogP contribution in [0.1, 0.15) is 19.4 Å². The van der Waals surface area contributed by atoms with Crippen LogP contribution in [0.15, 0.2) is 59.6 Å². The molecule has 7 heteroatoms. The Kier molecular flexibility index (Phi) is 9.24. The summed E-state index contributed by atoms with van der Waals surface area (Å²) in [6.45, 7) is 8.85. The van der Waals surface area contributed by atoms with Crippen LogP contribution in [0.4, 0.5) is 11.4 Å². The monoisotopic (exact) mass is 507 g/mol. The predicted octanol–water partition coefficient (Wildman–Crippen LogP) is 3.55. The van der Waals surface area contributed by atoms with E-state index in [0.717, 1.165) is 49.9 Å². The number of para-hydroxylation sites is 1. The Morgan fingerprint density at radius 1 is 1.03 bits per heavy atom. The van der Waals surface area contributed by atoms with E-state index in [0.29, 0.717) is 6.54 Å². The van der Waals surface area contributed by atoms with Crippen molar-refractivity contribution in [2.75, 3.05) is 42.9 Å². The van der Waals surface area contributed by atoms with Gasteiger partial charge < -0.3 is 20.4 Å². The summed E-state index contributed by atoms with van der Waals surface area (Å²) in [7, 11) is 0. The number of halogens is 1. The Hall–Kier alpha value is -2.29. The van der Waals surface area contributed by atoms with E-state index in [9.17, 15) is 4.79 Å². The molecular weight excluding hydrogens is 477 g/mol. The summed E-state index contributed by atoms with van der Waals surface area (Å²) in [5.74, 6) is 0.880. The third-order valence-corrected chi connectivity index (χ3v) is 4.69. The van der Waals surface area contributed by atoms with Crippen molar-refractivity contribution in [2.45, 2.75) is 20.4 Å². The summed E-state index contributed by atoms with van der Waals surface area (Å²) in [6.07, 6.45) is 0. The molecule has 1 aliphatic heterocycles. The van der Waals surface area contributed by atoms with Gasteiger partial charge in [0.15, 0.2) is 5.96 Å². The number of amides is 1. The number of anilines is 2. The van der Waals surface area contributed by atoms with Gasteiger partial charge in [-0.05, 0) is 36.8 Å². The zero-order valence-corrected chi connectivity index (χ0v) is 19.4. The van der Waals surface area contributed by atoms with Crippen LogP contribution >= 0.6 is 24.0 Å². The molecule has 0 radical (unpaired) electrons. The molecule has 1 fully saturated rings. The highest BCUT2D eigenvalue weighted by atomic mass is 127. The predicted molar refractivity (Wildman–Crippen MR) is 131 cm³/mol. The van der Waals surface area contributed by atoms with Gasteiger partial charge in [-0.15, -0.1) is 24.0 Å². The van der Waals surface area contributed by atoms with Gasteiger partial charge in [-0.3, -0.25) is 4.79 Å². The van der Waals surface area contributed by atoms with E-state index in [2.05, 4.69) is 57.7 Å². The van der Waals surface area contributed by atoms with Gasteiger partial charge in [-0.1, -0.05) is 30.3 Å². The quantitative estimate of drug-likeness (QED) is 0.369. The summed E-state index contributed by atoms with van der Waals surface area (Å²) >= 11 is 0. The van der Waals surface area contributed by atoms with Crippen LogP contribution in [-0.2, 0) is 11.3 Å². The molecule has 29 heavy (non-hydrogen) atoms. The third kappa shape index (κ3) is 6.92. The zero-order chi connectivity index (χ0) is 19.8. The van der Waals surface area contributed by atoms with Gasteiger partial charge in [-0.2, -0.15) is 0 Å². The van der Waals surface area contributed by atoms with Crippen LogP contribution < -0.4 is 15.5 Å². The number of carbonyl (C=O) groups is 1. The van der Waals surface area contributed by atoms with E-state index in [-0.39, 0.29) is 29.9 Å². The van der Waals surface area contributed by atoms with Gasteiger partial charge >= 0.3 is 0 Å². The average molecular weight is 507 g/mol. The number of hydrogen-bond donors (Lipinski definition) is 2. The fourth-order valence-electron chi connectivity index (χ4n) is 3.36. The van der Waals surface area contributed by atoms with E-state index in [1.807, 2.05) is 24.3 Å². The number of hydrogen-bond acceptors (Lipinski definition) is 3. The highest BCUT2D eigenvalue weighted by Gasteiger charge is 2.19. The number of guanidine groups is 1. The fraction of sp³-hybridized carbons (Fsp3) is 0.364. The minimum Gasteiger partial charge on any atom is -0.368 e. The first-order valence-corrected chi connectivity index (χ1v) is 9.85. The average Bonchev–Trinajstić information content (AvgIpc) is 2.72. The molecule has 1 heterocycles. The summed E-state index contributed by atoms with van der Waals surface area (Å²) in [5, 5.41) is 6.23. The number of carbonyl (C=O) groups excluding carboxylic acids is 1. The number of nitrogens with one attached hydrogen (secondary N) is 2. The maximum absolute atomic E-state index is 11.3. The summed E-state index contributed by atoms with van der Waals surface area (Å²) < 4.78 is 0. The summed E-state index contributed by atoms with van der Waals surface area (Å²) in [4.78, 5) is 20.8. The molecule has 0 spiro atoms. The number of rotatable bonds is 5. The Morgan fingerprint density at radius 3 is 2.41 bits per heavy atom. The number of piperazine rings is 1. The number of benzene rings is 2. The van der Waals surface area contributed by atoms with Crippen LogP contribution in [0.3, 0.4) is 0 Å². The van der Waals surface area contributed by atoms with E-state index < -0.39 is 0 Å². The van der Waals surface area contributed by atoms with Crippen molar-refractivity contribution in [3.63, 3.8) is 0 Å². The van der Waals surface area contributed by atoms with Crippen LogP contribution in [0.5, 0.6) is 0 Å². The highest BCUT2D eigenvalue weighted by molar-refractivity contribution is 14.0. The molecule has 1 amide bonds. The highest BCUT2D eigenvalue weighted by Crippen LogP contribution is 2.16. The molecule has 0 unspecified atom stereocenters. The molecule has 0 bridgehead atoms. The molecule has 2 N–H and O–H groups in total. The lowest BCUT2D eigenvalue weighted by Gasteiger charge is -2.37. The molecule has 156 valence electrons. The molecule has 1 saturated heterocycles. The van der Waals surface area contributed by atoms with Crippen molar-refractivity contribution < 1.29 is 4.79 Å². The Balaban J connectivity index is 0.00000300. The van der Waals surface area contributed by atoms with Crippen molar-refractivity contribution in [3.05, 3.63) is 60.2 Å². The second-order valence-corrected chi connectivity index (χ2v) is 6.86. The lowest BCUT2D eigenvalue weighted by Crippen LogP contribution is -2.52. The Morgan fingerprint density at radius 2 is 1.76 bits per heavy atom. The lowest BCUT2D eigenvalue weighted by atomic mass is 10.2. The first kappa shape index (κ1) is 23.0. The molecule has 0 atom stereocenters. The van der Waals surface area contributed by atoms with Gasteiger partial charge in [0.1, 0.15) is 0 Å². The SMILES string of the molecule is CCNC(=NCc1cccc(NC(C)=O)c1)N1CCN(c2ccccc2)CC1.I. The molecule has 2 aromatic rings. The normalized spacial score (nSPS) is 14.2. The lowest BCUT2D eigenvalue weighted by molar-refractivity contribution is -0.114. The zero-order valence-electron chi connectivity index (χ0n) is 17.1. The number of nitrogens with zero attached hydrogens (tertiary/aromatic N) is 3. The number of aliphatic imine (C=N–C) groups is 1. The maximum Gasteiger partial charge on any atom is 0.221 e. The third-order valence-electron chi connectivity index (χ3n) is 4.69. The van der Waals surface area contributed by atoms with Crippen molar-refractivity contribution >= 4 is 47.2 Å². The van der Waals surface area contributed by atoms with Crippen LogP contribution in [0.25, 0.3) is 0 Å². The summed E-state index contributed by atoms with van der Waals surface area (Å²) in [6, 6.07) is 18.4. The minimum absolute atomic E-state index is 0. The molecule has 0 saturated carbocycles. The largest absolute Gasteiger partial charge is 0.368 e. The second-order valence-electron chi connectivity index (χ2n) is 6.86. The smallest absolute Gasteiger partial charge is 0.221 e. The molecule has 6 nitrogen and oxygen atoms in total.